The first-order valence-electron chi connectivity index (χ1n) is 15.3. The summed E-state index contributed by atoms with van der Waals surface area (Å²) in [5.74, 6) is -6.54. The van der Waals surface area contributed by atoms with Crippen LogP contribution in [0, 0.1) is 28.6 Å². The number of ketones is 1. The molecule has 0 heterocycles. The minimum absolute atomic E-state index is 0.0246. The quantitative estimate of drug-likeness (QED) is 0.372. The maximum Gasteiger partial charge on any atom is 0.313 e. The van der Waals surface area contributed by atoms with E-state index in [9.17, 15) is 19.5 Å². The summed E-state index contributed by atoms with van der Waals surface area (Å²) < 4.78 is 60.1. The predicted molar refractivity (Wildman–Crippen MR) is 153 cm³/mol. The first-order chi connectivity index (χ1) is 20.2. The molecule has 0 amide bonds. The van der Waals surface area contributed by atoms with Crippen molar-refractivity contribution >= 4 is 17.7 Å². The highest BCUT2D eigenvalue weighted by molar-refractivity contribution is 6.04. The maximum atomic E-state index is 17.6. The van der Waals surface area contributed by atoms with Crippen LogP contribution in [-0.2, 0) is 36.9 Å². The number of hydrogen-bond acceptors (Lipinski definition) is 6. The van der Waals surface area contributed by atoms with E-state index >= 15 is 13.2 Å². The van der Waals surface area contributed by atoms with Gasteiger partial charge >= 0.3 is 11.9 Å². The van der Waals surface area contributed by atoms with E-state index in [1.807, 2.05) is 24.3 Å². The van der Waals surface area contributed by atoms with Crippen LogP contribution >= 0.6 is 0 Å². The van der Waals surface area contributed by atoms with Crippen molar-refractivity contribution < 1.29 is 42.1 Å². The molecule has 0 unspecified atom stereocenters. The first kappa shape index (κ1) is 31.5. The van der Waals surface area contributed by atoms with Crippen molar-refractivity contribution in [2.75, 3.05) is 0 Å². The normalized spacial score (nSPS) is 40.0. The summed E-state index contributed by atoms with van der Waals surface area (Å²) >= 11 is 0. The average molecular weight is 603 g/mol. The number of benzene rings is 1. The molecular weight excluding hydrogens is 561 g/mol. The lowest BCUT2D eigenvalue weighted by molar-refractivity contribution is -0.207. The Kier molecular flexibility index (Phi) is 7.98. The molecule has 4 aliphatic carbocycles. The van der Waals surface area contributed by atoms with Gasteiger partial charge in [0.05, 0.1) is 6.10 Å². The van der Waals surface area contributed by atoms with Crippen molar-refractivity contribution in [1.29, 1.82) is 0 Å². The van der Waals surface area contributed by atoms with Crippen molar-refractivity contribution in [3.8, 4) is 0 Å². The zero-order valence-corrected chi connectivity index (χ0v) is 25.4. The molecule has 6 nitrogen and oxygen atoms in total. The van der Waals surface area contributed by atoms with Gasteiger partial charge in [0.1, 0.15) is 24.3 Å². The van der Waals surface area contributed by atoms with Crippen molar-refractivity contribution in [3.05, 3.63) is 58.9 Å². The molecule has 4 aliphatic rings. The average Bonchev–Trinajstić information content (AvgIpc) is 3.18. The number of carbonyl (C=O) groups is 3. The number of alkyl halides is 2. The van der Waals surface area contributed by atoms with Gasteiger partial charge < -0.3 is 14.6 Å². The summed E-state index contributed by atoms with van der Waals surface area (Å²) in [6.45, 7) is 8.34. The Morgan fingerprint density at radius 1 is 1.05 bits per heavy atom. The van der Waals surface area contributed by atoms with Crippen LogP contribution in [0.15, 0.2) is 47.8 Å². The molecule has 0 bridgehead atoms. The molecule has 1 aromatic carbocycles. The van der Waals surface area contributed by atoms with E-state index < -0.39 is 87.7 Å². The Morgan fingerprint density at radius 3 is 2.33 bits per heavy atom. The molecule has 9 atom stereocenters. The Balaban J connectivity index is 1.52. The molecule has 0 radical (unpaired) electrons. The summed E-state index contributed by atoms with van der Waals surface area (Å²) in [5, 5.41) is 11.6. The lowest BCUT2D eigenvalue weighted by Gasteiger charge is -2.62. The number of fused-ring (bicyclic) bond motifs is 5. The van der Waals surface area contributed by atoms with E-state index in [2.05, 4.69) is 6.92 Å². The fraction of sp³-hybridized carbons (Fsp3) is 0.618. The minimum Gasteiger partial charge on any atom is -0.460 e. The fourth-order valence-electron chi connectivity index (χ4n) is 8.93. The van der Waals surface area contributed by atoms with Crippen LogP contribution in [0.2, 0.25) is 0 Å². The summed E-state index contributed by atoms with van der Waals surface area (Å²) in [5.41, 5.74) is -5.69. The SMILES string of the molecule is CCCc1ccc(COC(=O)[C@@H]2[C@@]3(C)C[C@H](O)[C@@]4(F)[C@@H](C[C@H](F)C5=C(F)C(=O)C=C[C@@]54C)[C@@H]3C[C@]2(C)OC(=O)CC)cc1. The van der Waals surface area contributed by atoms with Crippen LogP contribution in [-0.4, -0.2) is 46.4 Å². The number of rotatable bonds is 7. The highest BCUT2D eigenvalue weighted by Gasteiger charge is 2.76. The van der Waals surface area contributed by atoms with E-state index in [0.29, 0.717) is 0 Å². The maximum absolute atomic E-state index is 17.6. The third-order valence-corrected chi connectivity index (χ3v) is 10.9. The van der Waals surface area contributed by atoms with Crippen LogP contribution in [0.4, 0.5) is 13.2 Å². The first-order valence-corrected chi connectivity index (χ1v) is 15.3. The molecule has 5 rings (SSSR count). The number of hydrogen-bond donors (Lipinski definition) is 1. The van der Waals surface area contributed by atoms with Crippen LogP contribution in [0.3, 0.4) is 0 Å². The van der Waals surface area contributed by atoms with E-state index in [1.54, 1.807) is 20.8 Å². The number of allylic oxidation sites excluding steroid dienone is 4. The van der Waals surface area contributed by atoms with Crippen molar-refractivity contribution in [2.24, 2.45) is 28.6 Å². The molecule has 1 aromatic rings. The van der Waals surface area contributed by atoms with Gasteiger partial charge in [0.2, 0.25) is 5.78 Å². The van der Waals surface area contributed by atoms with Gasteiger partial charge in [-0.15, -0.1) is 0 Å². The number of aliphatic hydroxyl groups is 1. The fourth-order valence-corrected chi connectivity index (χ4v) is 8.93. The zero-order valence-electron chi connectivity index (χ0n) is 25.4. The van der Waals surface area contributed by atoms with Gasteiger partial charge in [-0.2, -0.15) is 0 Å². The molecule has 0 aromatic heterocycles. The minimum atomic E-state index is -2.54. The second-order valence-corrected chi connectivity index (χ2v) is 13.5. The molecule has 0 aliphatic heterocycles. The smallest absolute Gasteiger partial charge is 0.313 e. The van der Waals surface area contributed by atoms with Crippen molar-refractivity contribution in [1.82, 2.24) is 0 Å². The molecule has 3 fully saturated rings. The predicted octanol–water partition coefficient (Wildman–Crippen LogP) is 6.24. The van der Waals surface area contributed by atoms with Gasteiger partial charge in [0.15, 0.2) is 11.5 Å². The number of aryl methyl sites for hydroxylation is 1. The lowest BCUT2D eigenvalue weighted by atomic mass is 9.45. The second-order valence-electron chi connectivity index (χ2n) is 13.5. The number of carbonyl (C=O) groups excluding carboxylic acids is 3. The van der Waals surface area contributed by atoms with Gasteiger partial charge in [-0.05, 0) is 68.1 Å². The third-order valence-electron chi connectivity index (χ3n) is 10.9. The molecule has 3 saturated carbocycles. The van der Waals surface area contributed by atoms with Crippen molar-refractivity contribution in [2.45, 2.75) is 103 Å². The van der Waals surface area contributed by atoms with Crippen LogP contribution in [0.5, 0.6) is 0 Å². The summed E-state index contributed by atoms with van der Waals surface area (Å²) in [4.78, 5) is 38.7. The van der Waals surface area contributed by atoms with Gasteiger partial charge in [-0.25, -0.2) is 13.2 Å². The summed E-state index contributed by atoms with van der Waals surface area (Å²) in [6, 6.07) is 7.71. The van der Waals surface area contributed by atoms with Crippen LogP contribution < -0.4 is 0 Å². The number of halogens is 3. The Labute approximate surface area is 250 Å². The number of esters is 2. The number of aliphatic hydroxyl groups excluding tert-OH is 1. The van der Waals surface area contributed by atoms with Crippen LogP contribution in [0.1, 0.15) is 77.8 Å². The van der Waals surface area contributed by atoms with Crippen molar-refractivity contribution in [3.63, 3.8) is 0 Å². The monoisotopic (exact) mass is 602 g/mol. The molecule has 0 saturated heterocycles. The molecule has 43 heavy (non-hydrogen) atoms. The van der Waals surface area contributed by atoms with Gasteiger partial charge in [0, 0.05) is 23.3 Å². The third kappa shape index (κ3) is 4.68. The standard InChI is InChI=1S/C34H41F3O6/c1-6-8-19-9-11-20(12-10-19)18-42-30(41)29-31(3)17-25(39)34(37)21(22(31)16-33(29,5)43-26(40)7-2)15-23(35)27-28(36)24(38)13-14-32(27,34)4/h9-14,21-23,25,29,39H,6-8,15-18H2,1-5H3/t21-,22-,23-,25-,29+,31-,32-,33-,34-/m0/s1. The Hall–Kier alpha value is -2.94. The van der Waals surface area contributed by atoms with Gasteiger partial charge in [0.25, 0.3) is 0 Å². The van der Waals surface area contributed by atoms with Gasteiger partial charge in [-0.1, -0.05) is 57.5 Å². The lowest BCUT2D eigenvalue weighted by Crippen LogP contribution is -2.68. The zero-order chi connectivity index (χ0) is 31.5. The largest absolute Gasteiger partial charge is 0.460 e. The summed E-state index contributed by atoms with van der Waals surface area (Å²) in [7, 11) is 0. The van der Waals surface area contributed by atoms with Gasteiger partial charge in [-0.3, -0.25) is 14.4 Å². The van der Waals surface area contributed by atoms with Crippen LogP contribution in [0.25, 0.3) is 0 Å². The highest BCUT2D eigenvalue weighted by atomic mass is 19.2. The van der Waals surface area contributed by atoms with E-state index in [0.717, 1.165) is 30.0 Å². The van der Waals surface area contributed by atoms with E-state index in [4.69, 9.17) is 9.47 Å². The molecular formula is C34H41F3O6. The number of ether oxygens (including phenoxy) is 2. The summed E-state index contributed by atoms with van der Waals surface area (Å²) in [6.07, 6.45) is -0.381. The molecule has 0 spiro atoms. The van der Waals surface area contributed by atoms with E-state index in [-0.39, 0.29) is 25.9 Å². The topological polar surface area (TPSA) is 89.9 Å². The Bertz CT molecular complexity index is 1370. The second kappa shape index (κ2) is 10.9. The highest BCUT2D eigenvalue weighted by Crippen LogP contribution is 2.71. The van der Waals surface area contributed by atoms with E-state index in [1.165, 1.54) is 13.0 Å². The molecule has 1 N–H and O–H groups in total. The molecule has 234 valence electrons. The Morgan fingerprint density at radius 2 is 1.70 bits per heavy atom. The molecule has 9 heteroatoms.